The van der Waals surface area contributed by atoms with Crippen molar-refractivity contribution >= 4 is 5.78 Å². The van der Waals surface area contributed by atoms with Crippen molar-refractivity contribution in [3.05, 3.63) is 35.9 Å². The SMILES string of the molecule is O=C(C[C@@H]1CCCC[C@H]1O)c1ccccc1. The average molecular weight is 218 g/mol. The molecule has 1 saturated carbocycles. The third-order valence-corrected chi connectivity index (χ3v) is 3.41. The fraction of sp³-hybridized carbons (Fsp3) is 0.500. The first kappa shape index (κ1) is 11.3. The van der Waals surface area contributed by atoms with E-state index >= 15 is 0 Å². The van der Waals surface area contributed by atoms with Crippen LogP contribution < -0.4 is 0 Å². The van der Waals surface area contributed by atoms with E-state index in [4.69, 9.17) is 0 Å². The normalized spacial score (nSPS) is 25.3. The van der Waals surface area contributed by atoms with E-state index in [0.717, 1.165) is 31.2 Å². The highest BCUT2D eigenvalue weighted by molar-refractivity contribution is 5.96. The minimum atomic E-state index is -0.276. The first-order valence-electron chi connectivity index (χ1n) is 6.03. The monoisotopic (exact) mass is 218 g/mol. The molecule has 2 rings (SSSR count). The van der Waals surface area contributed by atoms with Crippen molar-refractivity contribution in [2.75, 3.05) is 0 Å². The van der Waals surface area contributed by atoms with E-state index in [9.17, 15) is 9.90 Å². The maximum atomic E-state index is 11.9. The first-order chi connectivity index (χ1) is 7.77. The highest BCUT2D eigenvalue weighted by Crippen LogP contribution is 2.28. The van der Waals surface area contributed by atoms with Gasteiger partial charge in [-0.15, -0.1) is 0 Å². The zero-order chi connectivity index (χ0) is 11.4. The van der Waals surface area contributed by atoms with Gasteiger partial charge >= 0.3 is 0 Å². The van der Waals surface area contributed by atoms with Crippen molar-refractivity contribution in [1.29, 1.82) is 0 Å². The third kappa shape index (κ3) is 2.70. The zero-order valence-corrected chi connectivity index (χ0v) is 9.43. The minimum absolute atomic E-state index is 0.159. The molecular weight excluding hydrogens is 200 g/mol. The summed E-state index contributed by atoms with van der Waals surface area (Å²) in [5.74, 6) is 0.327. The first-order valence-corrected chi connectivity index (χ1v) is 6.03. The standard InChI is InChI=1S/C14H18O2/c15-13-9-5-4-8-12(13)10-14(16)11-6-2-1-3-7-11/h1-3,6-7,12-13,15H,4-5,8-10H2/t12-,13+/m0/s1. The highest BCUT2D eigenvalue weighted by Gasteiger charge is 2.25. The summed E-state index contributed by atoms with van der Waals surface area (Å²) in [4.78, 5) is 11.9. The molecule has 1 fully saturated rings. The molecule has 0 amide bonds. The van der Waals surface area contributed by atoms with Gasteiger partial charge in [0.05, 0.1) is 6.10 Å². The van der Waals surface area contributed by atoms with E-state index in [2.05, 4.69) is 0 Å². The van der Waals surface area contributed by atoms with Crippen molar-refractivity contribution in [3.63, 3.8) is 0 Å². The second-order valence-electron chi connectivity index (χ2n) is 4.61. The Bertz CT molecular complexity index is 345. The van der Waals surface area contributed by atoms with Gasteiger partial charge in [0.25, 0.3) is 0 Å². The lowest BCUT2D eigenvalue weighted by Crippen LogP contribution is -2.26. The van der Waals surface area contributed by atoms with Crippen LogP contribution in [0.2, 0.25) is 0 Å². The fourth-order valence-electron chi connectivity index (χ4n) is 2.41. The average Bonchev–Trinajstić information content (AvgIpc) is 2.33. The summed E-state index contributed by atoms with van der Waals surface area (Å²) in [6.07, 6.45) is 4.29. The molecule has 0 spiro atoms. The molecule has 1 aliphatic carbocycles. The zero-order valence-electron chi connectivity index (χ0n) is 9.43. The minimum Gasteiger partial charge on any atom is -0.393 e. The smallest absolute Gasteiger partial charge is 0.163 e. The van der Waals surface area contributed by atoms with E-state index in [0.29, 0.717) is 6.42 Å². The third-order valence-electron chi connectivity index (χ3n) is 3.41. The van der Waals surface area contributed by atoms with Crippen LogP contribution in [0.1, 0.15) is 42.5 Å². The maximum absolute atomic E-state index is 11.9. The van der Waals surface area contributed by atoms with Crippen molar-refractivity contribution in [2.24, 2.45) is 5.92 Å². The second-order valence-corrected chi connectivity index (χ2v) is 4.61. The topological polar surface area (TPSA) is 37.3 Å². The van der Waals surface area contributed by atoms with Gasteiger partial charge in [0, 0.05) is 12.0 Å². The Morgan fingerprint density at radius 3 is 2.56 bits per heavy atom. The fourth-order valence-corrected chi connectivity index (χ4v) is 2.41. The molecule has 0 aromatic heterocycles. The summed E-state index contributed by atoms with van der Waals surface area (Å²) in [6.45, 7) is 0. The Morgan fingerprint density at radius 1 is 1.19 bits per heavy atom. The maximum Gasteiger partial charge on any atom is 0.163 e. The summed E-state index contributed by atoms with van der Waals surface area (Å²) in [5.41, 5.74) is 0.764. The van der Waals surface area contributed by atoms with E-state index < -0.39 is 0 Å². The molecule has 16 heavy (non-hydrogen) atoms. The van der Waals surface area contributed by atoms with Gasteiger partial charge in [0.2, 0.25) is 0 Å². The number of Topliss-reactive ketones (excluding diaryl/α,β-unsaturated/α-hetero) is 1. The molecule has 0 heterocycles. The van der Waals surface area contributed by atoms with Gasteiger partial charge in [-0.1, -0.05) is 43.2 Å². The van der Waals surface area contributed by atoms with Crippen LogP contribution >= 0.6 is 0 Å². The molecule has 0 unspecified atom stereocenters. The Hall–Kier alpha value is -1.15. The molecule has 0 saturated heterocycles. The Kier molecular flexibility index (Phi) is 3.73. The molecule has 1 aliphatic rings. The molecule has 0 aliphatic heterocycles. The summed E-state index contributed by atoms with van der Waals surface area (Å²) >= 11 is 0. The number of aliphatic hydroxyl groups is 1. The molecule has 0 bridgehead atoms. The van der Waals surface area contributed by atoms with Crippen molar-refractivity contribution < 1.29 is 9.90 Å². The number of carbonyl (C=O) groups excluding carboxylic acids is 1. The lowest BCUT2D eigenvalue weighted by atomic mass is 9.82. The van der Waals surface area contributed by atoms with E-state index in [1.807, 2.05) is 30.3 Å². The number of benzene rings is 1. The van der Waals surface area contributed by atoms with Crippen LogP contribution in [0.15, 0.2) is 30.3 Å². The highest BCUT2D eigenvalue weighted by atomic mass is 16.3. The molecule has 1 aromatic rings. The van der Waals surface area contributed by atoms with E-state index in [-0.39, 0.29) is 17.8 Å². The predicted octanol–water partition coefficient (Wildman–Crippen LogP) is 2.81. The Morgan fingerprint density at radius 2 is 1.88 bits per heavy atom. The van der Waals surface area contributed by atoms with Crippen LogP contribution in [-0.4, -0.2) is 17.0 Å². The van der Waals surface area contributed by atoms with E-state index in [1.165, 1.54) is 0 Å². The molecule has 2 atom stereocenters. The van der Waals surface area contributed by atoms with Gasteiger partial charge in [-0.05, 0) is 18.8 Å². The molecule has 86 valence electrons. The van der Waals surface area contributed by atoms with Crippen molar-refractivity contribution in [1.82, 2.24) is 0 Å². The quantitative estimate of drug-likeness (QED) is 0.792. The predicted molar refractivity (Wildman–Crippen MR) is 63.4 cm³/mol. The molecular formula is C14H18O2. The number of aliphatic hydroxyl groups excluding tert-OH is 1. The van der Waals surface area contributed by atoms with Crippen LogP contribution in [-0.2, 0) is 0 Å². The van der Waals surface area contributed by atoms with Crippen molar-refractivity contribution in [2.45, 2.75) is 38.2 Å². The Labute approximate surface area is 96.3 Å². The number of carbonyl (C=O) groups is 1. The number of rotatable bonds is 3. The molecule has 2 nitrogen and oxygen atoms in total. The van der Waals surface area contributed by atoms with Gasteiger partial charge in [0.1, 0.15) is 0 Å². The summed E-state index contributed by atoms with van der Waals surface area (Å²) in [7, 11) is 0. The van der Waals surface area contributed by atoms with Gasteiger partial charge in [0.15, 0.2) is 5.78 Å². The number of hydrogen-bond donors (Lipinski definition) is 1. The van der Waals surface area contributed by atoms with Crippen molar-refractivity contribution in [3.8, 4) is 0 Å². The number of hydrogen-bond acceptors (Lipinski definition) is 2. The van der Waals surface area contributed by atoms with Crippen LogP contribution in [0.5, 0.6) is 0 Å². The van der Waals surface area contributed by atoms with Crippen LogP contribution in [0.3, 0.4) is 0 Å². The molecule has 1 N–H and O–H groups in total. The lowest BCUT2D eigenvalue weighted by Gasteiger charge is -2.26. The summed E-state index contributed by atoms with van der Waals surface area (Å²) in [6, 6.07) is 9.36. The van der Waals surface area contributed by atoms with Crippen LogP contribution in [0.25, 0.3) is 0 Å². The molecule has 2 heteroatoms. The van der Waals surface area contributed by atoms with Gasteiger partial charge in [-0.3, -0.25) is 4.79 Å². The van der Waals surface area contributed by atoms with Crippen LogP contribution in [0, 0.1) is 5.92 Å². The largest absolute Gasteiger partial charge is 0.393 e. The number of ketones is 1. The molecule has 1 aromatic carbocycles. The van der Waals surface area contributed by atoms with Crippen LogP contribution in [0.4, 0.5) is 0 Å². The van der Waals surface area contributed by atoms with Gasteiger partial charge in [-0.25, -0.2) is 0 Å². The van der Waals surface area contributed by atoms with Gasteiger partial charge in [-0.2, -0.15) is 0 Å². The summed E-state index contributed by atoms with van der Waals surface area (Å²) < 4.78 is 0. The summed E-state index contributed by atoms with van der Waals surface area (Å²) in [5, 5.41) is 9.81. The second kappa shape index (κ2) is 5.26. The molecule has 0 radical (unpaired) electrons. The van der Waals surface area contributed by atoms with Gasteiger partial charge < -0.3 is 5.11 Å². The van der Waals surface area contributed by atoms with E-state index in [1.54, 1.807) is 0 Å². The Balaban J connectivity index is 1.96. The lowest BCUT2D eigenvalue weighted by molar-refractivity contribution is 0.0583.